The van der Waals surface area contributed by atoms with Crippen molar-refractivity contribution in [3.8, 4) is 5.75 Å². The van der Waals surface area contributed by atoms with E-state index >= 15 is 0 Å². The molecular formula is C21H35ClN2O. The largest absolute Gasteiger partial charge is 0.492 e. The Morgan fingerprint density at radius 1 is 1.04 bits per heavy atom. The Kier molecular flexibility index (Phi) is 8.05. The summed E-state index contributed by atoms with van der Waals surface area (Å²) in [6.07, 6.45) is 3.35. The molecule has 0 amide bonds. The van der Waals surface area contributed by atoms with Crippen molar-refractivity contribution >= 4 is 11.6 Å². The number of halogens is 1. The minimum absolute atomic E-state index is 0.157. The van der Waals surface area contributed by atoms with Gasteiger partial charge in [0.2, 0.25) is 0 Å². The van der Waals surface area contributed by atoms with Crippen LogP contribution in [0.4, 0.5) is 0 Å². The van der Waals surface area contributed by atoms with Crippen LogP contribution in [0.25, 0.3) is 0 Å². The zero-order valence-corrected chi connectivity index (χ0v) is 17.2. The van der Waals surface area contributed by atoms with Crippen LogP contribution < -0.4 is 4.74 Å². The highest BCUT2D eigenvalue weighted by Gasteiger charge is 2.19. The molecule has 0 bridgehead atoms. The molecule has 1 aromatic rings. The van der Waals surface area contributed by atoms with E-state index in [2.05, 4.69) is 49.6 Å². The van der Waals surface area contributed by atoms with Gasteiger partial charge < -0.3 is 14.5 Å². The first-order valence-electron chi connectivity index (χ1n) is 9.83. The lowest BCUT2D eigenvalue weighted by Crippen LogP contribution is -2.46. The fourth-order valence-electron chi connectivity index (χ4n) is 3.19. The number of benzene rings is 1. The fourth-order valence-corrected chi connectivity index (χ4v) is 3.43. The van der Waals surface area contributed by atoms with E-state index in [9.17, 15) is 0 Å². The standard InChI is InChI=1S/C21H35ClN2O/c1-5-21(3,4)18-9-10-20(19(22)17-18)25-16-8-7-11-24-14-12-23(6-2)13-15-24/h9-10,17H,5-8,11-16H2,1-4H3. The van der Waals surface area contributed by atoms with Crippen LogP contribution in [0, 0.1) is 0 Å². The van der Waals surface area contributed by atoms with Crippen LogP contribution >= 0.6 is 11.6 Å². The van der Waals surface area contributed by atoms with Crippen LogP contribution in [-0.2, 0) is 5.41 Å². The summed E-state index contributed by atoms with van der Waals surface area (Å²) < 4.78 is 5.90. The Hall–Kier alpha value is -0.770. The van der Waals surface area contributed by atoms with Gasteiger partial charge in [-0.3, -0.25) is 0 Å². The second kappa shape index (κ2) is 9.80. The zero-order valence-electron chi connectivity index (χ0n) is 16.5. The summed E-state index contributed by atoms with van der Waals surface area (Å²) in [7, 11) is 0. The monoisotopic (exact) mass is 366 g/mol. The predicted molar refractivity (Wildman–Crippen MR) is 108 cm³/mol. The highest BCUT2D eigenvalue weighted by atomic mass is 35.5. The van der Waals surface area contributed by atoms with Crippen LogP contribution in [0.1, 0.15) is 52.5 Å². The molecule has 2 rings (SSSR count). The molecule has 1 aliphatic heterocycles. The summed E-state index contributed by atoms with van der Waals surface area (Å²) in [5.74, 6) is 0.814. The summed E-state index contributed by atoms with van der Waals surface area (Å²) in [5, 5.41) is 0.731. The molecule has 1 aliphatic rings. The smallest absolute Gasteiger partial charge is 0.137 e. The van der Waals surface area contributed by atoms with Gasteiger partial charge in [-0.1, -0.05) is 45.4 Å². The van der Waals surface area contributed by atoms with Crippen LogP contribution in [0.5, 0.6) is 5.75 Å². The molecule has 3 nitrogen and oxygen atoms in total. The van der Waals surface area contributed by atoms with E-state index in [4.69, 9.17) is 16.3 Å². The molecule has 0 atom stereocenters. The molecule has 1 heterocycles. The van der Waals surface area contributed by atoms with E-state index in [1.54, 1.807) is 0 Å². The van der Waals surface area contributed by atoms with Gasteiger partial charge in [-0.05, 0) is 55.5 Å². The van der Waals surface area contributed by atoms with Gasteiger partial charge in [0.15, 0.2) is 0 Å². The first-order valence-corrected chi connectivity index (χ1v) is 10.2. The molecule has 0 saturated carbocycles. The van der Waals surface area contributed by atoms with Crippen molar-refractivity contribution in [1.82, 2.24) is 9.80 Å². The number of piperazine rings is 1. The van der Waals surface area contributed by atoms with E-state index in [0.717, 1.165) is 30.2 Å². The molecule has 0 unspecified atom stereocenters. The number of likely N-dealkylation sites (N-methyl/N-ethyl adjacent to an activating group) is 1. The van der Waals surface area contributed by atoms with Crippen molar-refractivity contribution in [3.63, 3.8) is 0 Å². The Bertz CT molecular complexity index is 525. The molecule has 0 aliphatic carbocycles. The third-order valence-electron chi connectivity index (χ3n) is 5.64. The number of hydrogen-bond acceptors (Lipinski definition) is 3. The molecule has 0 N–H and O–H groups in total. The van der Waals surface area contributed by atoms with Gasteiger partial charge in [0.25, 0.3) is 0 Å². The normalized spacial score (nSPS) is 17.0. The average molecular weight is 367 g/mol. The summed E-state index contributed by atoms with van der Waals surface area (Å²) in [5.41, 5.74) is 1.43. The molecule has 142 valence electrons. The van der Waals surface area contributed by atoms with E-state index in [-0.39, 0.29) is 5.41 Å². The summed E-state index contributed by atoms with van der Waals surface area (Å²) >= 11 is 6.42. The maximum absolute atomic E-state index is 6.42. The Balaban J connectivity index is 1.68. The van der Waals surface area contributed by atoms with Crippen LogP contribution in [-0.4, -0.2) is 55.7 Å². The molecule has 0 spiro atoms. The highest BCUT2D eigenvalue weighted by Crippen LogP contribution is 2.33. The molecule has 1 saturated heterocycles. The third-order valence-corrected chi connectivity index (χ3v) is 5.93. The maximum Gasteiger partial charge on any atom is 0.137 e. The fraction of sp³-hybridized carbons (Fsp3) is 0.714. The molecule has 1 fully saturated rings. The van der Waals surface area contributed by atoms with Crippen molar-refractivity contribution in [3.05, 3.63) is 28.8 Å². The Morgan fingerprint density at radius 2 is 1.72 bits per heavy atom. The van der Waals surface area contributed by atoms with E-state index < -0.39 is 0 Å². The van der Waals surface area contributed by atoms with Crippen molar-refractivity contribution in [2.75, 3.05) is 45.9 Å². The van der Waals surface area contributed by atoms with Gasteiger partial charge >= 0.3 is 0 Å². The Morgan fingerprint density at radius 3 is 2.32 bits per heavy atom. The van der Waals surface area contributed by atoms with Crippen molar-refractivity contribution in [1.29, 1.82) is 0 Å². The lowest BCUT2D eigenvalue weighted by atomic mass is 9.82. The van der Waals surface area contributed by atoms with Gasteiger partial charge in [0.05, 0.1) is 11.6 Å². The van der Waals surface area contributed by atoms with Crippen LogP contribution in [0.2, 0.25) is 5.02 Å². The van der Waals surface area contributed by atoms with Gasteiger partial charge in [-0.25, -0.2) is 0 Å². The topological polar surface area (TPSA) is 15.7 Å². The first kappa shape index (κ1) is 20.5. The number of nitrogens with zero attached hydrogens (tertiary/aromatic N) is 2. The SMILES string of the molecule is CCN1CCN(CCCCOc2ccc(C(C)(C)CC)cc2Cl)CC1. The number of ether oxygens (including phenoxy) is 1. The maximum atomic E-state index is 6.42. The summed E-state index contributed by atoms with van der Waals surface area (Å²) in [6, 6.07) is 6.24. The second-order valence-corrected chi connectivity index (χ2v) is 8.12. The lowest BCUT2D eigenvalue weighted by Gasteiger charge is -2.33. The van der Waals surface area contributed by atoms with Crippen molar-refractivity contribution < 1.29 is 4.74 Å². The van der Waals surface area contributed by atoms with Gasteiger partial charge in [0.1, 0.15) is 5.75 Å². The summed E-state index contributed by atoms with van der Waals surface area (Å²) in [6.45, 7) is 16.9. The Labute approximate surface area is 159 Å². The molecule has 0 aromatic heterocycles. The average Bonchev–Trinajstić information content (AvgIpc) is 2.63. The highest BCUT2D eigenvalue weighted by molar-refractivity contribution is 6.32. The van der Waals surface area contributed by atoms with Crippen LogP contribution in [0.15, 0.2) is 18.2 Å². The number of hydrogen-bond donors (Lipinski definition) is 0. The van der Waals surface area contributed by atoms with Gasteiger partial charge in [-0.2, -0.15) is 0 Å². The second-order valence-electron chi connectivity index (χ2n) is 7.71. The first-order chi connectivity index (χ1) is 12.0. The van der Waals surface area contributed by atoms with Crippen LogP contribution in [0.3, 0.4) is 0 Å². The molecule has 25 heavy (non-hydrogen) atoms. The molecule has 1 aromatic carbocycles. The quantitative estimate of drug-likeness (QED) is 0.582. The summed E-state index contributed by atoms with van der Waals surface area (Å²) in [4.78, 5) is 5.09. The van der Waals surface area contributed by atoms with Gasteiger partial charge in [0, 0.05) is 26.2 Å². The molecule has 0 radical (unpaired) electrons. The lowest BCUT2D eigenvalue weighted by molar-refractivity contribution is 0.134. The van der Waals surface area contributed by atoms with E-state index in [1.807, 2.05) is 6.07 Å². The minimum Gasteiger partial charge on any atom is -0.492 e. The molecule has 4 heteroatoms. The van der Waals surface area contributed by atoms with E-state index in [0.29, 0.717) is 0 Å². The minimum atomic E-state index is 0.157. The van der Waals surface area contributed by atoms with Crippen molar-refractivity contribution in [2.24, 2.45) is 0 Å². The number of unbranched alkanes of at least 4 members (excludes halogenated alkanes) is 1. The number of rotatable bonds is 9. The zero-order chi connectivity index (χ0) is 18.3. The predicted octanol–water partition coefficient (Wildman–Crippen LogP) is 4.82. The third kappa shape index (κ3) is 6.16. The van der Waals surface area contributed by atoms with E-state index in [1.165, 1.54) is 51.3 Å². The van der Waals surface area contributed by atoms with Gasteiger partial charge in [-0.15, -0.1) is 0 Å². The van der Waals surface area contributed by atoms with Crippen molar-refractivity contribution in [2.45, 2.75) is 52.4 Å². The molecular weight excluding hydrogens is 332 g/mol.